The maximum Gasteiger partial charge on any atom is 0.416 e. The lowest BCUT2D eigenvalue weighted by Crippen LogP contribution is -2.24. The molecule has 1 unspecified atom stereocenters. The second kappa shape index (κ2) is 5.85. The molecule has 0 bridgehead atoms. The molecule has 2 rings (SSSR count). The van der Waals surface area contributed by atoms with Gasteiger partial charge >= 0.3 is 12.1 Å². The third-order valence-electron chi connectivity index (χ3n) is 3.96. The lowest BCUT2D eigenvalue weighted by molar-refractivity contribution is -0.141. The molecule has 0 aromatic heterocycles. The van der Waals surface area contributed by atoms with Crippen molar-refractivity contribution in [2.75, 3.05) is 0 Å². The molecule has 1 aliphatic rings. The Hall–Kier alpha value is -1.52. The van der Waals surface area contributed by atoms with Gasteiger partial charge in [0.2, 0.25) is 0 Å². The van der Waals surface area contributed by atoms with Crippen molar-refractivity contribution in [1.29, 1.82) is 0 Å². The van der Waals surface area contributed by atoms with E-state index in [1.807, 2.05) is 0 Å². The first-order valence-electron chi connectivity index (χ1n) is 6.79. The Balaban J connectivity index is 2.32. The Labute approximate surface area is 115 Å². The van der Waals surface area contributed by atoms with Crippen LogP contribution >= 0.6 is 0 Å². The number of rotatable bonds is 3. The van der Waals surface area contributed by atoms with Crippen molar-refractivity contribution in [2.45, 2.75) is 44.2 Å². The Morgan fingerprint density at radius 2 is 1.85 bits per heavy atom. The normalized spacial score (nSPS) is 18.8. The zero-order valence-electron chi connectivity index (χ0n) is 11.0. The van der Waals surface area contributed by atoms with Crippen LogP contribution in [-0.4, -0.2) is 11.1 Å². The zero-order valence-corrected chi connectivity index (χ0v) is 11.0. The second-order valence-corrected chi connectivity index (χ2v) is 5.34. The topological polar surface area (TPSA) is 37.3 Å². The van der Waals surface area contributed by atoms with E-state index < -0.39 is 23.6 Å². The summed E-state index contributed by atoms with van der Waals surface area (Å²) >= 11 is 0. The van der Waals surface area contributed by atoms with Crippen molar-refractivity contribution in [3.05, 3.63) is 35.4 Å². The fourth-order valence-electron chi connectivity index (χ4n) is 2.99. The molecule has 5 heteroatoms. The number of alkyl halides is 3. The highest BCUT2D eigenvalue weighted by Crippen LogP contribution is 2.38. The van der Waals surface area contributed by atoms with Crippen molar-refractivity contribution in [2.24, 2.45) is 5.92 Å². The fraction of sp³-hybridized carbons (Fsp3) is 0.533. The van der Waals surface area contributed by atoms with E-state index >= 15 is 0 Å². The summed E-state index contributed by atoms with van der Waals surface area (Å²) in [5, 5.41) is 9.39. The van der Waals surface area contributed by atoms with Crippen LogP contribution in [-0.2, 0) is 11.0 Å². The van der Waals surface area contributed by atoms with Gasteiger partial charge in [0.15, 0.2) is 0 Å². The van der Waals surface area contributed by atoms with Gasteiger partial charge in [-0.15, -0.1) is 0 Å². The van der Waals surface area contributed by atoms with Crippen LogP contribution < -0.4 is 0 Å². The van der Waals surface area contributed by atoms with Gasteiger partial charge in [0.05, 0.1) is 11.5 Å². The monoisotopic (exact) mass is 286 g/mol. The number of hydrogen-bond donors (Lipinski definition) is 1. The van der Waals surface area contributed by atoms with Crippen LogP contribution in [0.1, 0.15) is 49.1 Å². The summed E-state index contributed by atoms with van der Waals surface area (Å²) in [6, 6.07) is 4.73. The number of aliphatic carboxylic acids is 1. The molecule has 0 amide bonds. The first kappa shape index (κ1) is 14.9. The number of halogens is 3. The van der Waals surface area contributed by atoms with Gasteiger partial charge in [0.1, 0.15) is 0 Å². The molecule has 0 aliphatic heterocycles. The molecule has 20 heavy (non-hydrogen) atoms. The van der Waals surface area contributed by atoms with Crippen LogP contribution in [0.4, 0.5) is 13.2 Å². The van der Waals surface area contributed by atoms with Crippen LogP contribution in [0.3, 0.4) is 0 Å². The molecular formula is C15H17F3O2. The molecule has 1 atom stereocenters. The van der Waals surface area contributed by atoms with Crippen LogP contribution in [0.2, 0.25) is 0 Å². The van der Waals surface area contributed by atoms with Crippen LogP contribution in [0, 0.1) is 5.92 Å². The third-order valence-corrected chi connectivity index (χ3v) is 3.96. The molecule has 1 saturated carbocycles. The average Bonchev–Trinajstić information content (AvgIpc) is 2.39. The number of carboxylic acids is 1. The van der Waals surface area contributed by atoms with Gasteiger partial charge in [-0.3, -0.25) is 4.79 Å². The Morgan fingerprint density at radius 1 is 1.20 bits per heavy atom. The molecule has 1 aromatic carbocycles. The highest BCUT2D eigenvalue weighted by atomic mass is 19.4. The molecule has 0 heterocycles. The zero-order chi connectivity index (χ0) is 14.8. The van der Waals surface area contributed by atoms with Gasteiger partial charge in [-0.25, -0.2) is 0 Å². The highest BCUT2D eigenvalue weighted by molar-refractivity contribution is 5.76. The lowest BCUT2D eigenvalue weighted by Gasteiger charge is -2.28. The van der Waals surface area contributed by atoms with E-state index in [2.05, 4.69) is 0 Å². The maximum atomic E-state index is 12.7. The first-order valence-corrected chi connectivity index (χ1v) is 6.79. The summed E-state index contributed by atoms with van der Waals surface area (Å²) in [5.41, 5.74) is -0.517. The highest BCUT2D eigenvalue weighted by Gasteiger charge is 2.34. The molecule has 0 radical (unpaired) electrons. The summed E-state index contributed by atoms with van der Waals surface area (Å²) in [4.78, 5) is 11.5. The van der Waals surface area contributed by atoms with E-state index in [4.69, 9.17) is 0 Å². The number of benzene rings is 1. The van der Waals surface area contributed by atoms with Gasteiger partial charge in [-0.1, -0.05) is 37.5 Å². The molecule has 1 fully saturated rings. The van der Waals surface area contributed by atoms with Gasteiger partial charge in [-0.05, 0) is 30.4 Å². The SMILES string of the molecule is O=C(O)C(c1cccc(C(F)(F)F)c1)C1CCCCC1. The van der Waals surface area contributed by atoms with Crippen molar-refractivity contribution in [3.8, 4) is 0 Å². The predicted molar refractivity (Wildman–Crippen MR) is 68.4 cm³/mol. The fourth-order valence-corrected chi connectivity index (χ4v) is 2.99. The largest absolute Gasteiger partial charge is 0.481 e. The van der Waals surface area contributed by atoms with E-state index in [0.29, 0.717) is 0 Å². The van der Waals surface area contributed by atoms with Crippen LogP contribution in [0.5, 0.6) is 0 Å². The van der Waals surface area contributed by atoms with E-state index in [0.717, 1.165) is 44.2 Å². The average molecular weight is 286 g/mol. The molecular weight excluding hydrogens is 269 g/mol. The predicted octanol–water partition coefficient (Wildman–Crippen LogP) is 4.45. The smallest absolute Gasteiger partial charge is 0.416 e. The van der Waals surface area contributed by atoms with E-state index in [9.17, 15) is 23.1 Å². The van der Waals surface area contributed by atoms with Crippen molar-refractivity contribution in [1.82, 2.24) is 0 Å². The quantitative estimate of drug-likeness (QED) is 0.891. The molecule has 2 nitrogen and oxygen atoms in total. The first-order chi connectivity index (χ1) is 9.39. The van der Waals surface area contributed by atoms with Crippen molar-refractivity contribution >= 4 is 5.97 Å². The Bertz CT molecular complexity index is 476. The van der Waals surface area contributed by atoms with E-state index in [1.165, 1.54) is 12.1 Å². The van der Waals surface area contributed by atoms with Crippen molar-refractivity contribution < 1.29 is 23.1 Å². The summed E-state index contributed by atoms with van der Waals surface area (Å²) < 4.78 is 38.2. The van der Waals surface area contributed by atoms with Gasteiger partial charge in [-0.2, -0.15) is 13.2 Å². The Morgan fingerprint density at radius 3 is 2.40 bits per heavy atom. The minimum Gasteiger partial charge on any atom is -0.481 e. The minimum absolute atomic E-state index is 0.0651. The standard InChI is InChI=1S/C15H17F3O2/c16-15(17,18)12-8-4-7-11(9-12)13(14(19)20)10-5-2-1-3-6-10/h4,7-10,13H,1-3,5-6H2,(H,19,20). The van der Waals surface area contributed by atoms with Gasteiger partial charge < -0.3 is 5.11 Å². The maximum absolute atomic E-state index is 12.7. The summed E-state index contributed by atoms with van der Waals surface area (Å²) in [5.74, 6) is -1.93. The molecule has 0 spiro atoms. The Kier molecular flexibility index (Phi) is 4.35. The van der Waals surface area contributed by atoms with Crippen molar-refractivity contribution in [3.63, 3.8) is 0 Å². The van der Waals surface area contributed by atoms with Crippen LogP contribution in [0.25, 0.3) is 0 Å². The third kappa shape index (κ3) is 3.32. The van der Waals surface area contributed by atoms with E-state index in [-0.39, 0.29) is 11.5 Å². The summed E-state index contributed by atoms with van der Waals surface area (Å²) in [6.07, 6.45) is 0.0816. The van der Waals surface area contributed by atoms with Crippen LogP contribution in [0.15, 0.2) is 24.3 Å². The number of carbonyl (C=O) groups is 1. The van der Waals surface area contributed by atoms with E-state index in [1.54, 1.807) is 0 Å². The summed E-state index contributed by atoms with van der Waals surface area (Å²) in [7, 11) is 0. The number of hydrogen-bond acceptors (Lipinski definition) is 1. The molecule has 1 aliphatic carbocycles. The molecule has 1 N–H and O–H groups in total. The molecule has 0 saturated heterocycles. The van der Waals surface area contributed by atoms with Gasteiger partial charge in [0.25, 0.3) is 0 Å². The second-order valence-electron chi connectivity index (χ2n) is 5.34. The molecule has 1 aromatic rings. The van der Waals surface area contributed by atoms with Gasteiger partial charge in [0, 0.05) is 0 Å². The number of carboxylic acid groups (broad SMARTS) is 1. The summed E-state index contributed by atoms with van der Waals surface area (Å²) in [6.45, 7) is 0. The lowest BCUT2D eigenvalue weighted by atomic mass is 9.76. The minimum atomic E-state index is -4.44. The molecule has 110 valence electrons.